The van der Waals surface area contributed by atoms with Gasteiger partial charge >= 0.3 is 6.18 Å². The monoisotopic (exact) mass is 339 g/mol. The van der Waals surface area contributed by atoms with Crippen LogP contribution in [0.4, 0.5) is 19.0 Å². The van der Waals surface area contributed by atoms with E-state index in [1.165, 1.54) is 0 Å². The summed E-state index contributed by atoms with van der Waals surface area (Å²) in [7, 11) is 0. The van der Waals surface area contributed by atoms with Crippen molar-refractivity contribution in [2.75, 3.05) is 5.73 Å². The summed E-state index contributed by atoms with van der Waals surface area (Å²) in [6.07, 6.45) is -3.68. The third-order valence-electron chi connectivity index (χ3n) is 3.01. The third kappa shape index (κ3) is 5.91. The van der Waals surface area contributed by atoms with Gasteiger partial charge in [-0.15, -0.1) is 0 Å². The van der Waals surface area contributed by atoms with E-state index in [9.17, 15) is 18.0 Å². The largest absolute Gasteiger partial charge is 0.417 e. The second-order valence-corrected chi connectivity index (χ2v) is 4.71. The summed E-state index contributed by atoms with van der Waals surface area (Å²) in [5, 5.41) is 2.54. The smallest absolute Gasteiger partial charge is 0.383 e. The van der Waals surface area contributed by atoms with Crippen LogP contribution in [-0.2, 0) is 23.9 Å². The van der Waals surface area contributed by atoms with Gasteiger partial charge in [0.2, 0.25) is 5.91 Å². The molecule has 0 spiro atoms. The average Bonchev–Trinajstić information content (AvgIpc) is 2.56. The minimum absolute atomic E-state index is 0.0342. The lowest BCUT2D eigenvalue weighted by molar-refractivity contribution is -0.137. The molecule has 0 atom stereocenters. The van der Waals surface area contributed by atoms with E-state index in [4.69, 9.17) is 5.73 Å². The second kappa shape index (κ2) is 8.90. The van der Waals surface area contributed by atoms with Crippen molar-refractivity contribution in [3.8, 4) is 0 Å². The number of nitrogen functional groups attached to an aromatic ring is 1. The standard InChI is InChI=1S/C15H14F3N3O.C2H6/c16-15(17,18)12-7-11(14(19)21-9-12)8-20-13(22)6-10-4-2-1-3-5-10;1-2/h1-5,7,9H,6,8H2,(H2,19,21)(H,20,22);1-2H3. The molecule has 0 bridgehead atoms. The molecule has 0 radical (unpaired) electrons. The number of rotatable bonds is 4. The number of carbonyl (C=O) groups is 1. The Labute approximate surface area is 138 Å². The number of hydrogen-bond donors (Lipinski definition) is 2. The molecule has 130 valence electrons. The van der Waals surface area contributed by atoms with Crippen LogP contribution in [-0.4, -0.2) is 10.9 Å². The molecule has 0 unspecified atom stereocenters. The lowest BCUT2D eigenvalue weighted by Crippen LogP contribution is -2.25. The lowest BCUT2D eigenvalue weighted by atomic mass is 10.1. The van der Waals surface area contributed by atoms with Gasteiger partial charge in [0, 0.05) is 18.3 Å². The molecule has 0 fully saturated rings. The summed E-state index contributed by atoms with van der Waals surface area (Å²) in [6, 6.07) is 9.91. The van der Waals surface area contributed by atoms with E-state index in [0.29, 0.717) is 6.20 Å². The van der Waals surface area contributed by atoms with E-state index in [0.717, 1.165) is 11.6 Å². The molecule has 1 heterocycles. The number of hydrogen-bond acceptors (Lipinski definition) is 3. The summed E-state index contributed by atoms with van der Waals surface area (Å²) in [5.74, 6) is -0.337. The molecule has 1 amide bonds. The van der Waals surface area contributed by atoms with E-state index >= 15 is 0 Å². The van der Waals surface area contributed by atoms with Crippen molar-refractivity contribution in [1.82, 2.24) is 10.3 Å². The number of nitrogens with one attached hydrogen (secondary N) is 1. The van der Waals surface area contributed by atoms with Crippen LogP contribution in [0.25, 0.3) is 0 Å². The Bertz CT molecular complexity index is 658. The van der Waals surface area contributed by atoms with Gasteiger partial charge in [-0.2, -0.15) is 13.2 Å². The molecular formula is C17H20F3N3O. The first-order valence-corrected chi connectivity index (χ1v) is 7.48. The zero-order valence-corrected chi connectivity index (χ0v) is 13.5. The molecular weight excluding hydrogens is 319 g/mol. The number of aromatic nitrogens is 1. The first kappa shape index (κ1) is 19.5. The zero-order valence-electron chi connectivity index (χ0n) is 13.5. The van der Waals surface area contributed by atoms with Gasteiger partial charge in [0.25, 0.3) is 0 Å². The predicted octanol–water partition coefficient (Wildman–Crippen LogP) is 3.57. The summed E-state index contributed by atoms with van der Waals surface area (Å²) < 4.78 is 37.9. The van der Waals surface area contributed by atoms with Crippen LogP contribution in [0.5, 0.6) is 0 Å². The summed E-state index contributed by atoms with van der Waals surface area (Å²) in [5.41, 5.74) is 5.60. The Hall–Kier alpha value is -2.57. The minimum Gasteiger partial charge on any atom is -0.383 e. The first-order chi connectivity index (χ1) is 11.4. The van der Waals surface area contributed by atoms with Crippen molar-refractivity contribution < 1.29 is 18.0 Å². The second-order valence-electron chi connectivity index (χ2n) is 4.71. The van der Waals surface area contributed by atoms with E-state index in [1.807, 2.05) is 19.9 Å². The Morgan fingerprint density at radius 3 is 2.42 bits per heavy atom. The van der Waals surface area contributed by atoms with Gasteiger partial charge in [0.15, 0.2) is 0 Å². The molecule has 2 aromatic rings. The fraction of sp³-hybridized carbons (Fsp3) is 0.294. The average molecular weight is 339 g/mol. The highest BCUT2D eigenvalue weighted by Gasteiger charge is 2.31. The van der Waals surface area contributed by atoms with Crippen molar-refractivity contribution in [2.24, 2.45) is 0 Å². The molecule has 1 aromatic heterocycles. The SMILES string of the molecule is CC.Nc1ncc(C(F)(F)F)cc1CNC(=O)Cc1ccccc1. The molecule has 2 rings (SSSR count). The number of nitrogens with zero attached hydrogens (tertiary/aromatic N) is 1. The molecule has 0 aliphatic carbocycles. The van der Waals surface area contributed by atoms with Gasteiger partial charge in [-0.1, -0.05) is 44.2 Å². The molecule has 4 nitrogen and oxygen atoms in total. The number of alkyl halides is 3. The van der Waals surface area contributed by atoms with Gasteiger partial charge in [0.1, 0.15) is 5.82 Å². The predicted molar refractivity (Wildman–Crippen MR) is 87.0 cm³/mol. The molecule has 0 saturated heterocycles. The van der Waals surface area contributed by atoms with Gasteiger partial charge in [0.05, 0.1) is 12.0 Å². The van der Waals surface area contributed by atoms with Crippen LogP contribution in [0.15, 0.2) is 42.6 Å². The number of halogens is 3. The maximum absolute atomic E-state index is 12.6. The summed E-state index contributed by atoms with van der Waals surface area (Å²) in [4.78, 5) is 15.3. The molecule has 0 aliphatic heterocycles. The van der Waals surface area contributed by atoms with Crippen LogP contribution >= 0.6 is 0 Å². The number of nitrogens with two attached hydrogens (primary N) is 1. The Morgan fingerprint density at radius 1 is 1.21 bits per heavy atom. The number of amides is 1. The lowest BCUT2D eigenvalue weighted by Gasteiger charge is -2.11. The van der Waals surface area contributed by atoms with Crippen LogP contribution in [0.1, 0.15) is 30.5 Å². The van der Waals surface area contributed by atoms with Crippen LogP contribution < -0.4 is 11.1 Å². The Morgan fingerprint density at radius 2 is 1.83 bits per heavy atom. The number of anilines is 1. The van der Waals surface area contributed by atoms with Gasteiger partial charge in [-0.3, -0.25) is 4.79 Å². The van der Waals surface area contributed by atoms with Crippen LogP contribution in [0.2, 0.25) is 0 Å². The zero-order chi connectivity index (χ0) is 18.2. The minimum atomic E-state index is -4.50. The van der Waals surface area contributed by atoms with Gasteiger partial charge in [-0.05, 0) is 11.6 Å². The number of carbonyl (C=O) groups excluding carboxylic acids is 1. The quantitative estimate of drug-likeness (QED) is 0.895. The normalized spacial score (nSPS) is 10.5. The van der Waals surface area contributed by atoms with Gasteiger partial charge in [-0.25, -0.2) is 4.98 Å². The molecule has 24 heavy (non-hydrogen) atoms. The molecule has 0 aliphatic rings. The van der Waals surface area contributed by atoms with Crippen molar-refractivity contribution in [2.45, 2.75) is 33.0 Å². The topological polar surface area (TPSA) is 68.0 Å². The molecule has 1 aromatic carbocycles. The highest BCUT2D eigenvalue weighted by Crippen LogP contribution is 2.30. The Kier molecular flexibility index (Phi) is 7.23. The maximum Gasteiger partial charge on any atom is 0.417 e. The van der Waals surface area contributed by atoms with E-state index < -0.39 is 11.7 Å². The van der Waals surface area contributed by atoms with Crippen molar-refractivity contribution in [3.05, 3.63) is 59.3 Å². The van der Waals surface area contributed by atoms with E-state index in [1.54, 1.807) is 24.3 Å². The van der Waals surface area contributed by atoms with Crippen molar-refractivity contribution in [1.29, 1.82) is 0 Å². The molecule has 0 saturated carbocycles. The fourth-order valence-corrected chi connectivity index (χ4v) is 1.86. The molecule has 3 N–H and O–H groups in total. The summed E-state index contributed by atoms with van der Waals surface area (Å²) >= 11 is 0. The number of pyridine rings is 1. The maximum atomic E-state index is 12.6. The van der Waals surface area contributed by atoms with Crippen molar-refractivity contribution in [3.63, 3.8) is 0 Å². The van der Waals surface area contributed by atoms with Crippen LogP contribution in [0.3, 0.4) is 0 Å². The third-order valence-corrected chi connectivity index (χ3v) is 3.01. The van der Waals surface area contributed by atoms with E-state index in [2.05, 4.69) is 10.3 Å². The number of benzene rings is 1. The Balaban J connectivity index is 0.00000139. The highest BCUT2D eigenvalue weighted by molar-refractivity contribution is 5.78. The molecule has 7 heteroatoms. The van der Waals surface area contributed by atoms with Crippen LogP contribution in [0, 0.1) is 0 Å². The summed E-state index contributed by atoms with van der Waals surface area (Å²) in [6.45, 7) is 3.90. The first-order valence-electron chi connectivity index (χ1n) is 7.48. The van der Waals surface area contributed by atoms with Gasteiger partial charge < -0.3 is 11.1 Å². The highest BCUT2D eigenvalue weighted by atomic mass is 19.4. The fourth-order valence-electron chi connectivity index (χ4n) is 1.86. The van der Waals surface area contributed by atoms with E-state index in [-0.39, 0.29) is 30.3 Å². The van der Waals surface area contributed by atoms with Crippen molar-refractivity contribution >= 4 is 11.7 Å².